The van der Waals surface area contributed by atoms with E-state index in [1.165, 1.54) is 0 Å². The van der Waals surface area contributed by atoms with E-state index in [9.17, 15) is 0 Å². The van der Waals surface area contributed by atoms with E-state index in [0.29, 0.717) is 5.88 Å². The van der Waals surface area contributed by atoms with Gasteiger partial charge in [-0.2, -0.15) is 0 Å². The summed E-state index contributed by atoms with van der Waals surface area (Å²) >= 11 is 3.49. The van der Waals surface area contributed by atoms with E-state index in [0.717, 1.165) is 32.4 Å². The first-order valence-electron chi connectivity index (χ1n) is 6.09. The molecule has 20 heavy (non-hydrogen) atoms. The Morgan fingerprint density at radius 3 is 2.75 bits per heavy atom. The van der Waals surface area contributed by atoms with Crippen molar-refractivity contribution in [1.82, 2.24) is 10.1 Å². The van der Waals surface area contributed by atoms with Crippen LogP contribution in [-0.2, 0) is 0 Å². The second-order valence-corrected chi connectivity index (χ2v) is 5.33. The molecule has 0 aliphatic rings. The Morgan fingerprint density at radius 2 is 2.05 bits per heavy atom. The first-order valence-corrected chi connectivity index (χ1v) is 6.88. The van der Waals surface area contributed by atoms with Crippen LogP contribution in [0.3, 0.4) is 0 Å². The van der Waals surface area contributed by atoms with Gasteiger partial charge in [0.2, 0.25) is 5.88 Å². The average Bonchev–Trinajstić information content (AvgIpc) is 2.85. The van der Waals surface area contributed by atoms with Crippen LogP contribution >= 0.6 is 15.9 Å². The van der Waals surface area contributed by atoms with Crippen molar-refractivity contribution < 1.29 is 4.52 Å². The van der Waals surface area contributed by atoms with Crippen molar-refractivity contribution in [2.75, 3.05) is 5.73 Å². The summed E-state index contributed by atoms with van der Waals surface area (Å²) in [4.78, 5) is 4.12. The van der Waals surface area contributed by atoms with Crippen LogP contribution in [0, 0.1) is 6.92 Å². The number of hydrogen-bond donors (Lipinski definition) is 1. The molecule has 100 valence electrons. The van der Waals surface area contributed by atoms with Crippen molar-refractivity contribution in [3.63, 3.8) is 0 Å². The maximum absolute atomic E-state index is 5.91. The molecule has 0 aliphatic heterocycles. The zero-order valence-electron chi connectivity index (χ0n) is 10.8. The monoisotopic (exact) mass is 329 g/mol. The van der Waals surface area contributed by atoms with Gasteiger partial charge >= 0.3 is 0 Å². The number of benzene rings is 1. The van der Waals surface area contributed by atoms with Crippen LogP contribution in [-0.4, -0.2) is 10.1 Å². The zero-order valence-corrected chi connectivity index (χ0v) is 12.4. The molecule has 0 spiro atoms. The van der Waals surface area contributed by atoms with E-state index in [1.54, 1.807) is 12.4 Å². The van der Waals surface area contributed by atoms with Crippen molar-refractivity contribution in [2.45, 2.75) is 6.92 Å². The lowest BCUT2D eigenvalue weighted by Gasteiger charge is -2.04. The first kappa shape index (κ1) is 12.9. The third-order valence-electron chi connectivity index (χ3n) is 3.10. The number of nitrogens with two attached hydrogens (primary N) is 1. The Morgan fingerprint density at radius 1 is 1.20 bits per heavy atom. The largest absolute Gasteiger partial charge is 0.367 e. The lowest BCUT2D eigenvalue weighted by atomic mass is 10.0. The highest BCUT2D eigenvalue weighted by atomic mass is 79.9. The second-order valence-electron chi connectivity index (χ2n) is 4.48. The lowest BCUT2D eigenvalue weighted by molar-refractivity contribution is 0.439. The average molecular weight is 330 g/mol. The van der Waals surface area contributed by atoms with Gasteiger partial charge in [-0.05, 0) is 30.7 Å². The number of nitrogen functional groups attached to an aromatic ring is 1. The zero-order chi connectivity index (χ0) is 14.1. The third-order valence-corrected chi connectivity index (χ3v) is 3.99. The molecule has 1 aromatic carbocycles. The molecule has 0 saturated carbocycles. The highest BCUT2D eigenvalue weighted by Crippen LogP contribution is 2.36. The highest BCUT2D eigenvalue weighted by Gasteiger charge is 2.17. The van der Waals surface area contributed by atoms with Crippen molar-refractivity contribution in [2.24, 2.45) is 0 Å². The van der Waals surface area contributed by atoms with E-state index < -0.39 is 0 Å². The van der Waals surface area contributed by atoms with Crippen LogP contribution in [0.5, 0.6) is 0 Å². The van der Waals surface area contributed by atoms with Gasteiger partial charge in [-0.15, -0.1) is 0 Å². The van der Waals surface area contributed by atoms with E-state index >= 15 is 0 Å². The minimum absolute atomic E-state index is 0.300. The summed E-state index contributed by atoms with van der Waals surface area (Å²) in [6.07, 6.45) is 3.47. The van der Waals surface area contributed by atoms with Crippen LogP contribution in [0.25, 0.3) is 22.4 Å². The topological polar surface area (TPSA) is 64.9 Å². The maximum atomic E-state index is 5.91. The number of anilines is 1. The molecule has 2 heterocycles. The van der Waals surface area contributed by atoms with Gasteiger partial charge in [-0.25, -0.2) is 0 Å². The predicted octanol–water partition coefficient (Wildman–Crippen LogP) is 4.06. The predicted molar refractivity (Wildman–Crippen MR) is 82.0 cm³/mol. The summed E-state index contributed by atoms with van der Waals surface area (Å²) in [5.74, 6) is 0.300. The fourth-order valence-corrected chi connectivity index (χ4v) is 2.33. The molecule has 5 heteroatoms. The minimum atomic E-state index is 0.300. The molecule has 2 aromatic heterocycles. The number of aryl methyl sites for hydroxylation is 1. The number of rotatable bonds is 2. The number of nitrogens with zero attached hydrogens (tertiary/aromatic N) is 2. The maximum Gasteiger partial charge on any atom is 0.230 e. The number of halogens is 1. The van der Waals surface area contributed by atoms with Gasteiger partial charge in [-0.1, -0.05) is 33.2 Å². The van der Waals surface area contributed by atoms with Crippen molar-refractivity contribution >= 4 is 21.8 Å². The van der Waals surface area contributed by atoms with Gasteiger partial charge in [-0.3, -0.25) is 4.98 Å². The van der Waals surface area contributed by atoms with E-state index in [2.05, 4.69) is 26.1 Å². The first-order chi connectivity index (χ1) is 9.66. The SMILES string of the molecule is Cc1cc(-c2noc(N)c2-c2cccnc2)ccc1Br. The molecule has 0 saturated heterocycles. The molecule has 3 rings (SSSR count). The Bertz CT molecular complexity index is 753. The number of hydrogen-bond acceptors (Lipinski definition) is 4. The van der Waals surface area contributed by atoms with Gasteiger partial charge in [0, 0.05) is 28.0 Å². The van der Waals surface area contributed by atoms with Gasteiger partial charge in [0.25, 0.3) is 0 Å². The summed E-state index contributed by atoms with van der Waals surface area (Å²) in [5.41, 5.74) is 10.4. The third kappa shape index (κ3) is 2.20. The second kappa shape index (κ2) is 5.09. The minimum Gasteiger partial charge on any atom is -0.367 e. The summed E-state index contributed by atoms with van der Waals surface area (Å²) in [6.45, 7) is 2.03. The van der Waals surface area contributed by atoms with E-state index in [-0.39, 0.29) is 0 Å². The molecular weight excluding hydrogens is 318 g/mol. The molecule has 0 aliphatic carbocycles. The molecular formula is C15H12BrN3O. The van der Waals surface area contributed by atoms with Crippen molar-refractivity contribution in [3.8, 4) is 22.4 Å². The number of aromatic nitrogens is 2. The van der Waals surface area contributed by atoms with Crippen LogP contribution in [0.2, 0.25) is 0 Å². The summed E-state index contributed by atoms with van der Waals surface area (Å²) in [7, 11) is 0. The fourth-order valence-electron chi connectivity index (χ4n) is 2.08. The Labute approximate surface area is 124 Å². The van der Waals surface area contributed by atoms with Crippen LogP contribution < -0.4 is 5.73 Å². The molecule has 3 aromatic rings. The standard InChI is InChI=1S/C15H12BrN3O/c1-9-7-10(4-5-12(9)16)14-13(15(17)20-19-14)11-3-2-6-18-8-11/h2-8H,17H2,1H3. The fraction of sp³-hybridized carbons (Fsp3) is 0.0667. The lowest BCUT2D eigenvalue weighted by Crippen LogP contribution is -1.89. The quantitative estimate of drug-likeness (QED) is 0.770. The smallest absolute Gasteiger partial charge is 0.230 e. The molecule has 0 amide bonds. The highest BCUT2D eigenvalue weighted by molar-refractivity contribution is 9.10. The Hall–Kier alpha value is -2.14. The molecule has 0 unspecified atom stereocenters. The van der Waals surface area contributed by atoms with Gasteiger partial charge < -0.3 is 10.3 Å². The Kier molecular flexibility index (Phi) is 3.28. The van der Waals surface area contributed by atoms with Crippen molar-refractivity contribution in [1.29, 1.82) is 0 Å². The molecule has 0 atom stereocenters. The molecule has 0 fully saturated rings. The molecule has 4 nitrogen and oxygen atoms in total. The van der Waals surface area contributed by atoms with Crippen LogP contribution in [0.1, 0.15) is 5.56 Å². The van der Waals surface area contributed by atoms with E-state index in [1.807, 2.05) is 37.3 Å². The van der Waals surface area contributed by atoms with Crippen LogP contribution in [0.15, 0.2) is 51.7 Å². The van der Waals surface area contributed by atoms with Crippen molar-refractivity contribution in [3.05, 3.63) is 52.8 Å². The van der Waals surface area contributed by atoms with Gasteiger partial charge in [0.15, 0.2) is 0 Å². The van der Waals surface area contributed by atoms with E-state index in [4.69, 9.17) is 10.3 Å². The molecule has 2 N–H and O–H groups in total. The molecule has 0 bridgehead atoms. The van der Waals surface area contributed by atoms with Gasteiger partial charge in [0.1, 0.15) is 5.69 Å². The number of pyridine rings is 1. The Balaban J connectivity index is 2.18. The summed E-state index contributed by atoms with van der Waals surface area (Å²) < 4.78 is 6.22. The van der Waals surface area contributed by atoms with Crippen LogP contribution in [0.4, 0.5) is 5.88 Å². The normalized spacial score (nSPS) is 10.7. The molecule has 0 radical (unpaired) electrons. The summed E-state index contributed by atoms with van der Waals surface area (Å²) in [6, 6.07) is 9.81. The summed E-state index contributed by atoms with van der Waals surface area (Å²) in [5, 5.41) is 4.09. The van der Waals surface area contributed by atoms with Gasteiger partial charge in [0.05, 0.1) is 5.56 Å².